The summed E-state index contributed by atoms with van der Waals surface area (Å²) in [6, 6.07) is 1.48. The van der Waals surface area contributed by atoms with Gasteiger partial charge in [0.25, 0.3) is 0 Å². The summed E-state index contributed by atoms with van der Waals surface area (Å²) < 4.78 is 0. The van der Waals surface area contributed by atoms with Gasteiger partial charge in [0.05, 0.1) is 32.3 Å². The molecule has 4 N–H and O–H groups in total. The van der Waals surface area contributed by atoms with Crippen molar-refractivity contribution in [2.75, 3.05) is 0 Å². The summed E-state index contributed by atoms with van der Waals surface area (Å²) in [5, 5.41) is 34.8. The van der Waals surface area contributed by atoms with Gasteiger partial charge in [-0.3, -0.25) is 0 Å². The quantitative estimate of drug-likeness (QED) is 0.639. The Hall–Kier alpha value is -2.84. The second-order valence-electron chi connectivity index (χ2n) is 4.53. The van der Waals surface area contributed by atoms with Crippen LogP contribution in [0.25, 0.3) is 10.8 Å². The van der Waals surface area contributed by atoms with Crippen molar-refractivity contribution in [1.29, 1.82) is 0 Å². The van der Waals surface area contributed by atoms with Gasteiger partial charge in [-0.15, -0.1) is 0 Å². The Kier molecular flexibility index (Phi) is 4.37. The van der Waals surface area contributed by atoms with Crippen molar-refractivity contribution in [2.24, 2.45) is 0 Å². The molecule has 0 bridgehead atoms. The summed E-state index contributed by atoms with van der Waals surface area (Å²) in [6.45, 7) is 0. The van der Waals surface area contributed by atoms with Crippen molar-refractivity contribution >= 4 is 57.9 Å². The van der Waals surface area contributed by atoms with Crippen molar-refractivity contribution in [2.45, 2.75) is 0 Å². The number of halogens is 2. The molecule has 0 unspecified atom stereocenters. The van der Waals surface area contributed by atoms with Gasteiger partial charge in [0.1, 0.15) is 0 Å². The second-order valence-corrected chi connectivity index (χ2v) is 5.35. The van der Waals surface area contributed by atoms with Crippen LogP contribution in [0.5, 0.6) is 0 Å². The van der Waals surface area contributed by atoms with E-state index in [-0.39, 0.29) is 0 Å². The molecule has 10 heteroatoms. The fourth-order valence-electron chi connectivity index (χ4n) is 2.33. The Balaban J connectivity index is 3.34. The van der Waals surface area contributed by atoms with Gasteiger partial charge in [0.15, 0.2) is 0 Å². The van der Waals surface area contributed by atoms with Gasteiger partial charge in [-0.2, -0.15) is 0 Å². The van der Waals surface area contributed by atoms with E-state index in [0.29, 0.717) is 0 Å². The lowest BCUT2D eigenvalue weighted by Gasteiger charge is -2.14. The lowest BCUT2D eigenvalue weighted by molar-refractivity contribution is 0.0675. The maximum absolute atomic E-state index is 11.5. The van der Waals surface area contributed by atoms with E-state index in [4.69, 9.17) is 23.2 Å². The fourth-order valence-corrected chi connectivity index (χ4v) is 2.89. The first-order chi connectivity index (χ1) is 11.1. The van der Waals surface area contributed by atoms with Crippen LogP contribution in [0.2, 0.25) is 10.0 Å². The largest absolute Gasteiger partial charge is 0.478 e. The van der Waals surface area contributed by atoms with Gasteiger partial charge < -0.3 is 20.4 Å². The number of aromatic carboxylic acids is 4. The van der Waals surface area contributed by atoms with E-state index in [2.05, 4.69) is 0 Å². The first-order valence-electron chi connectivity index (χ1n) is 5.99. The van der Waals surface area contributed by atoms with Crippen LogP contribution in [0.4, 0.5) is 0 Å². The number of carboxylic acids is 4. The second kappa shape index (κ2) is 5.99. The fraction of sp³-hybridized carbons (Fsp3) is 0. The number of fused-ring (bicyclic) bond motifs is 1. The molecule has 2 aromatic rings. The number of rotatable bonds is 4. The zero-order valence-electron chi connectivity index (χ0n) is 11.3. The number of hydrogen-bond donors (Lipinski definition) is 4. The standard InChI is InChI=1S/C14H6Cl2O8/c15-5-1-3(11(17)18)7-8(9(5)13(21)22)4(12(19)20)2-6(16)10(7)14(23)24/h1-2H,(H,17,18)(H,19,20)(H,21,22)(H,23,24). The molecule has 2 rings (SSSR count). The highest BCUT2D eigenvalue weighted by Crippen LogP contribution is 2.38. The molecule has 0 aromatic heterocycles. The molecule has 0 aliphatic carbocycles. The minimum Gasteiger partial charge on any atom is -0.478 e. The van der Waals surface area contributed by atoms with E-state index in [0.717, 1.165) is 12.1 Å². The zero-order valence-corrected chi connectivity index (χ0v) is 12.8. The van der Waals surface area contributed by atoms with E-state index in [9.17, 15) is 39.6 Å². The molecule has 0 saturated heterocycles. The minimum absolute atomic E-state index is 0.548. The topological polar surface area (TPSA) is 149 Å². The molecule has 0 aliphatic heterocycles. The predicted molar refractivity (Wildman–Crippen MR) is 81.8 cm³/mol. The molecule has 2 aromatic carbocycles. The van der Waals surface area contributed by atoms with Gasteiger partial charge in [-0.1, -0.05) is 23.2 Å². The van der Waals surface area contributed by atoms with Crippen molar-refractivity contribution in [3.05, 3.63) is 44.4 Å². The summed E-state index contributed by atoms with van der Waals surface area (Å²) in [7, 11) is 0. The third-order valence-corrected chi connectivity index (χ3v) is 3.79. The maximum Gasteiger partial charge on any atom is 0.337 e. The molecule has 8 nitrogen and oxygen atoms in total. The number of benzene rings is 2. The molecule has 0 spiro atoms. The van der Waals surface area contributed by atoms with Crippen LogP contribution in [0.3, 0.4) is 0 Å². The predicted octanol–water partition coefficient (Wildman–Crippen LogP) is 2.94. The molecule has 0 aliphatic rings. The lowest BCUT2D eigenvalue weighted by atomic mass is 9.91. The first-order valence-corrected chi connectivity index (χ1v) is 6.75. The van der Waals surface area contributed by atoms with Crippen LogP contribution in [-0.4, -0.2) is 44.3 Å². The summed E-state index contributed by atoms with van der Waals surface area (Å²) >= 11 is 11.6. The van der Waals surface area contributed by atoms with E-state index in [1.165, 1.54) is 0 Å². The van der Waals surface area contributed by atoms with E-state index in [1.807, 2.05) is 0 Å². The molecule has 0 fully saturated rings. The Labute approximate surface area is 142 Å². The van der Waals surface area contributed by atoms with Gasteiger partial charge in [0, 0.05) is 10.8 Å². The molecule has 0 radical (unpaired) electrons. The van der Waals surface area contributed by atoms with E-state index >= 15 is 0 Å². The highest BCUT2D eigenvalue weighted by atomic mass is 35.5. The number of carbonyl (C=O) groups is 4. The molecule has 24 heavy (non-hydrogen) atoms. The van der Waals surface area contributed by atoms with E-state index in [1.54, 1.807) is 0 Å². The van der Waals surface area contributed by atoms with Crippen molar-refractivity contribution in [3.8, 4) is 0 Å². The van der Waals surface area contributed by atoms with Crippen molar-refractivity contribution < 1.29 is 39.6 Å². The van der Waals surface area contributed by atoms with Crippen LogP contribution in [0.1, 0.15) is 41.4 Å². The molecular formula is C14H6Cl2O8. The third-order valence-electron chi connectivity index (χ3n) is 3.20. The average molecular weight is 373 g/mol. The molecule has 0 saturated carbocycles. The molecule has 124 valence electrons. The van der Waals surface area contributed by atoms with Crippen LogP contribution in [0.15, 0.2) is 12.1 Å². The summed E-state index contributed by atoms with van der Waals surface area (Å²) in [5.41, 5.74) is -2.81. The first kappa shape index (κ1) is 17.5. The third kappa shape index (κ3) is 2.61. The van der Waals surface area contributed by atoms with Gasteiger partial charge in [0.2, 0.25) is 0 Å². The Morgan fingerprint density at radius 1 is 0.625 bits per heavy atom. The van der Waals surface area contributed by atoms with Gasteiger partial charge in [-0.05, 0) is 12.1 Å². The molecule has 0 amide bonds. The zero-order chi connectivity index (χ0) is 18.3. The molecular weight excluding hydrogens is 367 g/mol. The van der Waals surface area contributed by atoms with Crippen LogP contribution in [-0.2, 0) is 0 Å². The lowest BCUT2D eigenvalue weighted by Crippen LogP contribution is -2.12. The average Bonchev–Trinajstić information content (AvgIpc) is 2.44. The highest BCUT2D eigenvalue weighted by Gasteiger charge is 2.29. The van der Waals surface area contributed by atoms with Crippen LogP contribution in [0, 0.1) is 0 Å². The number of hydrogen-bond acceptors (Lipinski definition) is 4. The summed E-state index contributed by atoms with van der Waals surface area (Å²) in [4.78, 5) is 45.8. The molecule has 0 atom stereocenters. The Bertz CT molecular complexity index is 871. The highest BCUT2D eigenvalue weighted by molar-refractivity contribution is 6.40. The normalized spacial score (nSPS) is 10.6. The number of carboxylic acid groups (broad SMARTS) is 4. The smallest absolute Gasteiger partial charge is 0.337 e. The summed E-state index contributed by atoms with van der Waals surface area (Å²) in [5.74, 6) is -6.55. The van der Waals surface area contributed by atoms with E-state index < -0.39 is 66.9 Å². The summed E-state index contributed by atoms with van der Waals surface area (Å²) in [6.07, 6.45) is 0. The molecule has 0 heterocycles. The van der Waals surface area contributed by atoms with Gasteiger partial charge in [-0.25, -0.2) is 19.2 Å². The minimum atomic E-state index is -1.65. The monoisotopic (exact) mass is 372 g/mol. The van der Waals surface area contributed by atoms with Crippen molar-refractivity contribution in [3.63, 3.8) is 0 Å². The Morgan fingerprint density at radius 2 is 0.917 bits per heavy atom. The van der Waals surface area contributed by atoms with Crippen LogP contribution < -0.4 is 0 Å². The Morgan fingerprint density at radius 3 is 1.12 bits per heavy atom. The van der Waals surface area contributed by atoms with Crippen molar-refractivity contribution in [1.82, 2.24) is 0 Å². The van der Waals surface area contributed by atoms with Gasteiger partial charge >= 0.3 is 23.9 Å². The van der Waals surface area contributed by atoms with Crippen LogP contribution >= 0.6 is 23.2 Å². The SMILES string of the molecule is O=C(O)c1cc(Cl)c(C(=O)O)c2c(C(=O)O)cc(Cl)c(C(=O)O)c12. The maximum atomic E-state index is 11.5.